The quantitative estimate of drug-likeness (QED) is 0.240. The second-order valence-electron chi connectivity index (χ2n) is 2.40. The Morgan fingerprint density at radius 3 is 2.36 bits per heavy atom. The zero-order valence-corrected chi connectivity index (χ0v) is 10.2. The van der Waals surface area contributed by atoms with Crippen LogP contribution in [0.1, 0.15) is 10.4 Å². The second kappa shape index (κ2) is 6.65. The zero-order valence-electron chi connectivity index (χ0n) is 8.19. The largest absolute Gasteiger partial charge is 1.00 e. The van der Waals surface area contributed by atoms with E-state index in [1.807, 2.05) is 0 Å². The van der Waals surface area contributed by atoms with E-state index in [0.29, 0.717) is 17.6 Å². The third kappa shape index (κ3) is 3.54. The molecule has 0 fully saturated rings. The van der Waals surface area contributed by atoms with Gasteiger partial charge in [0.25, 0.3) is 0 Å². The Morgan fingerprint density at radius 1 is 1.36 bits per heavy atom. The van der Waals surface area contributed by atoms with Crippen LogP contribution in [0.3, 0.4) is 0 Å². The van der Waals surface area contributed by atoms with Crippen molar-refractivity contribution >= 4 is 5.78 Å². The number of hydrogen-bond donors (Lipinski definition) is 0. The number of allylic oxidation sites excluding steroid dienone is 1. The van der Waals surface area contributed by atoms with Crippen LogP contribution in [0.15, 0.2) is 36.6 Å². The van der Waals surface area contributed by atoms with Crippen LogP contribution in [-0.2, 0) is 0 Å². The molecule has 0 saturated carbocycles. The maximum atomic E-state index is 11.1. The Hall–Kier alpha value is -0.770. The molecule has 1 rings (SSSR count). The molecule has 4 heteroatoms. The van der Waals surface area contributed by atoms with E-state index < -0.39 is 0 Å². The molecule has 0 unspecified atom stereocenters. The summed E-state index contributed by atoms with van der Waals surface area (Å²) in [6.45, 7) is 0. The molecular formula is C10H9NaO3. The standard InChI is InChI=1S/C10H10O3.Na/c1-13-9-4-2-8(3-5-9)10(12)6-7-11;/h2-7,11H,1H3;/q;+1/p-1/b7-6+;. The molecule has 0 aromatic heterocycles. The second-order valence-corrected chi connectivity index (χ2v) is 2.40. The maximum absolute atomic E-state index is 11.1. The summed E-state index contributed by atoms with van der Waals surface area (Å²) in [6.07, 6.45) is 1.47. The van der Waals surface area contributed by atoms with Crippen molar-refractivity contribution in [3.63, 3.8) is 0 Å². The fourth-order valence-corrected chi connectivity index (χ4v) is 0.913. The first-order valence-electron chi connectivity index (χ1n) is 3.75. The van der Waals surface area contributed by atoms with Gasteiger partial charge >= 0.3 is 29.6 Å². The number of carbonyl (C=O) groups is 1. The van der Waals surface area contributed by atoms with Gasteiger partial charge in [-0.1, -0.05) is 0 Å². The molecule has 0 N–H and O–H groups in total. The van der Waals surface area contributed by atoms with Crippen molar-refractivity contribution in [1.82, 2.24) is 0 Å². The van der Waals surface area contributed by atoms with E-state index in [4.69, 9.17) is 4.74 Å². The molecule has 3 nitrogen and oxygen atoms in total. The van der Waals surface area contributed by atoms with E-state index in [1.165, 1.54) is 0 Å². The summed E-state index contributed by atoms with van der Waals surface area (Å²) in [5.74, 6) is 0.389. The molecular weight excluding hydrogens is 191 g/mol. The summed E-state index contributed by atoms with van der Waals surface area (Å²) in [4.78, 5) is 11.1. The van der Waals surface area contributed by atoms with Crippen LogP contribution < -0.4 is 39.4 Å². The number of rotatable bonds is 3. The van der Waals surface area contributed by atoms with Crippen LogP contribution in [0, 0.1) is 0 Å². The molecule has 0 heterocycles. The SMILES string of the molecule is COc1ccc(C(=O)/C=C/[O-])cc1.[Na+]. The van der Waals surface area contributed by atoms with E-state index in [2.05, 4.69) is 0 Å². The predicted octanol–water partition coefficient (Wildman–Crippen LogP) is -2.24. The van der Waals surface area contributed by atoms with Gasteiger partial charge in [-0.25, -0.2) is 0 Å². The van der Waals surface area contributed by atoms with E-state index in [0.717, 1.165) is 6.08 Å². The van der Waals surface area contributed by atoms with Gasteiger partial charge in [0.2, 0.25) is 0 Å². The number of methoxy groups -OCH3 is 1. The van der Waals surface area contributed by atoms with Gasteiger partial charge < -0.3 is 9.84 Å². The molecule has 1 aromatic carbocycles. The van der Waals surface area contributed by atoms with Crippen LogP contribution in [-0.4, -0.2) is 12.9 Å². The van der Waals surface area contributed by atoms with Crippen LogP contribution >= 0.6 is 0 Å². The van der Waals surface area contributed by atoms with E-state index in [9.17, 15) is 9.90 Å². The van der Waals surface area contributed by atoms with Crippen LogP contribution in [0.2, 0.25) is 0 Å². The molecule has 0 aliphatic rings. The Bertz CT molecular complexity index is 317. The average Bonchev–Trinajstić information content (AvgIpc) is 2.18. The average molecular weight is 200 g/mol. The molecule has 0 amide bonds. The Morgan fingerprint density at radius 2 is 1.93 bits per heavy atom. The van der Waals surface area contributed by atoms with Crippen molar-refractivity contribution in [2.24, 2.45) is 0 Å². The molecule has 0 aliphatic heterocycles. The predicted molar refractivity (Wildman–Crippen MR) is 46.5 cm³/mol. The van der Waals surface area contributed by atoms with Gasteiger partial charge in [0, 0.05) is 5.56 Å². The number of benzene rings is 1. The smallest absolute Gasteiger partial charge is 0.878 e. The van der Waals surface area contributed by atoms with Gasteiger partial charge in [0.15, 0.2) is 5.78 Å². The van der Waals surface area contributed by atoms with Gasteiger partial charge in [-0.3, -0.25) is 4.79 Å². The number of carbonyl (C=O) groups excluding carboxylic acids is 1. The first-order valence-corrected chi connectivity index (χ1v) is 3.75. The van der Waals surface area contributed by atoms with Crippen molar-refractivity contribution in [2.45, 2.75) is 0 Å². The van der Waals surface area contributed by atoms with E-state index >= 15 is 0 Å². The number of hydrogen-bond acceptors (Lipinski definition) is 3. The summed E-state index contributed by atoms with van der Waals surface area (Å²) in [5, 5.41) is 10.0. The minimum atomic E-state index is -0.294. The molecule has 68 valence electrons. The maximum Gasteiger partial charge on any atom is 1.00 e. The first-order chi connectivity index (χ1) is 6.27. The van der Waals surface area contributed by atoms with Gasteiger partial charge in [-0.05, 0) is 30.3 Å². The molecule has 1 aromatic rings. The molecule has 0 spiro atoms. The summed E-state index contributed by atoms with van der Waals surface area (Å²) < 4.78 is 4.92. The normalized spacial score (nSPS) is 9.50. The first kappa shape index (κ1) is 13.2. The van der Waals surface area contributed by atoms with Crippen LogP contribution in [0.4, 0.5) is 0 Å². The molecule has 0 aliphatic carbocycles. The van der Waals surface area contributed by atoms with Gasteiger partial charge in [0.05, 0.1) is 7.11 Å². The topological polar surface area (TPSA) is 49.4 Å². The zero-order chi connectivity index (χ0) is 9.68. The molecule has 0 saturated heterocycles. The summed E-state index contributed by atoms with van der Waals surface area (Å²) in [7, 11) is 1.55. The van der Waals surface area contributed by atoms with Crippen molar-refractivity contribution in [1.29, 1.82) is 0 Å². The summed E-state index contributed by atoms with van der Waals surface area (Å²) in [6, 6.07) is 6.57. The minimum Gasteiger partial charge on any atom is -0.878 e. The summed E-state index contributed by atoms with van der Waals surface area (Å²) in [5.41, 5.74) is 0.480. The van der Waals surface area contributed by atoms with E-state index in [-0.39, 0.29) is 35.3 Å². The minimum absolute atomic E-state index is 0. The van der Waals surface area contributed by atoms with Crippen molar-refractivity contribution < 1.29 is 44.2 Å². The third-order valence-corrected chi connectivity index (χ3v) is 1.59. The molecule has 0 radical (unpaired) electrons. The van der Waals surface area contributed by atoms with Gasteiger partial charge in [-0.15, -0.1) is 6.26 Å². The Labute approximate surface area is 105 Å². The van der Waals surface area contributed by atoms with Gasteiger partial charge in [0.1, 0.15) is 5.75 Å². The fraction of sp³-hybridized carbons (Fsp3) is 0.100. The Balaban J connectivity index is 0.00000169. The monoisotopic (exact) mass is 200 g/mol. The molecule has 0 atom stereocenters. The molecule has 14 heavy (non-hydrogen) atoms. The van der Waals surface area contributed by atoms with E-state index in [1.54, 1.807) is 31.4 Å². The summed E-state index contributed by atoms with van der Waals surface area (Å²) >= 11 is 0. The third-order valence-electron chi connectivity index (χ3n) is 1.59. The fourth-order valence-electron chi connectivity index (χ4n) is 0.913. The molecule has 0 bridgehead atoms. The van der Waals surface area contributed by atoms with Gasteiger partial charge in [-0.2, -0.15) is 0 Å². The van der Waals surface area contributed by atoms with Crippen LogP contribution in [0.25, 0.3) is 0 Å². The van der Waals surface area contributed by atoms with Crippen molar-refractivity contribution in [3.05, 3.63) is 42.2 Å². The number of ether oxygens (including phenoxy) is 1. The van der Waals surface area contributed by atoms with Crippen molar-refractivity contribution in [3.8, 4) is 5.75 Å². The van der Waals surface area contributed by atoms with Crippen molar-refractivity contribution in [2.75, 3.05) is 7.11 Å². The Kier molecular flexibility index (Phi) is 6.28. The van der Waals surface area contributed by atoms with Crippen LogP contribution in [0.5, 0.6) is 5.75 Å². The number of ketones is 1.